The molecule has 0 fully saturated rings. The van der Waals surface area contributed by atoms with E-state index in [1.807, 2.05) is 6.92 Å². The van der Waals surface area contributed by atoms with E-state index in [2.05, 4.69) is 52.7 Å². The lowest BCUT2D eigenvalue weighted by molar-refractivity contribution is 0.641. The summed E-state index contributed by atoms with van der Waals surface area (Å²) in [6.07, 6.45) is 8.37. The number of hydrogen-bond donors (Lipinski definition) is 0. The molecule has 12 heavy (non-hydrogen) atoms. The maximum Gasteiger partial charge on any atom is 0.0831 e. The first-order valence-electron chi connectivity index (χ1n) is 4.16. The van der Waals surface area contributed by atoms with Crippen molar-refractivity contribution in [2.24, 2.45) is 0 Å². The maximum atomic E-state index is 2.28. The zero-order valence-corrected chi connectivity index (χ0v) is 8.57. The maximum absolute atomic E-state index is 2.28. The SMILES string of the molecule is C/C=C\N(CC)Pn1cccc1. The molecule has 66 valence electrons. The predicted molar refractivity (Wildman–Crippen MR) is 55.3 cm³/mol. The van der Waals surface area contributed by atoms with E-state index in [4.69, 9.17) is 0 Å². The van der Waals surface area contributed by atoms with Gasteiger partial charge in [0.1, 0.15) is 0 Å². The van der Waals surface area contributed by atoms with Crippen LogP contribution in [0.4, 0.5) is 0 Å². The van der Waals surface area contributed by atoms with Crippen LogP contribution in [0.5, 0.6) is 0 Å². The molecule has 1 aromatic rings. The van der Waals surface area contributed by atoms with Crippen LogP contribution in [0.25, 0.3) is 0 Å². The van der Waals surface area contributed by atoms with Crippen LogP contribution in [-0.2, 0) is 0 Å². The second-order valence-electron chi connectivity index (χ2n) is 2.46. The topological polar surface area (TPSA) is 8.17 Å². The molecule has 0 aromatic carbocycles. The van der Waals surface area contributed by atoms with Gasteiger partial charge in [-0.3, -0.25) is 0 Å². The van der Waals surface area contributed by atoms with Gasteiger partial charge >= 0.3 is 0 Å². The zero-order valence-electron chi connectivity index (χ0n) is 7.57. The van der Waals surface area contributed by atoms with Crippen molar-refractivity contribution in [2.75, 3.05) is 6.54 Å². The van der Waals surface area contributed by atoms with Crippen molar-refractivity contribution in [3.63, 3.8) is 0 Å². The molecule has 3 heteroatoms. The van der Waals surface area contributed by atoms with Gasteiger partial charge in [-0.05, 0) is 32.2 Å². The standard InChI is InChI=1S/C9H15N2P/c1-3-7-10(4-2)12-11-8-5-6-9-11/h3,5-9,12H,4H2,1-2H3/b7-3-. The van der Waals surface area contributed by atoms with Gasteiger partial charge in [0.05, 0.1) is 8.88 Å². The van der Waals surface area contributed by atoms with Crippen LogP contribution in [0.2, 0.25) is 0 Å². The van der Waals surface area contributed by atoms with E-state index >= 15 is 0 Å². The lowest BCUT2D eigenvalue weighted by Gasteiger charge is -2.17. The molecule has 0 aliphatic carbocycles. The summed E-state index contributed by atoms with van der Waals surface area (Å²) in [7, 11) is 0.690. The van der Waals surface area contributed by atoms with Gasteiger partial charge in [-0.2, -0.15) is 0 Å². The molecule has 0 spiro atoms. The van der Waals surface area contributed by atoms with Crippen molar-refractivity contribution in [3.8, 4) is 0 Å². The normalized spacial score (nSPS) is 11.8. The second kappa shape index (κ2) is 5.00. The quantitative estimate of drug-likeness (QED) is 0.650. The van der Waals surface area contributed by atoms with Gasteiger partial charge < -0.3 is 9.01 Å². The van der Waals surface area contributed by atoms with Gasteiger partial charge in [-0.15, -0.1) is 0 Å². The van der Waals surface area contributed by atoms with Crippen molar-refractivity contribution in [2.45, 2.75) is 13.8 Å². The van der Waals surface area contributed by atoms with Crippen LogP contribution < -0.4 is 0 Å². The summed E-state index contributed by atoms with van der Waals surface area (Å²) in [5.74, 6) is 0. The van der Waals surface area contributed by atoms with Gasteiger partial charge in [-0.1, -0.05) is 6.08 Å². The molecule has 1 atom stereocenters. The fraction of sp³-hybridized carbons (Fsp3) is 0.333. The molecule has 0 saturated heterocycles. The summed E-state index contributed by atoms with van der Waals surface area (Å²) < 4.78 is 4.46. The number of nitrogens with zero attached hydrogens (tertiary/aromatic N) is 2. The van der Waals surface area contributed by atoms with Crippen molar-refractivity contribution in [1.29, 1.82) is 0 Å². The van der Waals surface area contributed by atoms with Gasteiger partial charge in [0, 0.05) is 18.9 Å². The molecule has 1 rings (SSSR count). The van der Waals surface area contributed by atoms with Crippen molar-refractivity contribution in [1.82, 2.24) is 9.01 Å². The van der Waals surface area contributed by atoms with Crippen molar-refractivity contribution in [3.05, 3.63) is 36.8 Å². The van der Waals surface area contributed by atoms with E-state index in [-0.39, 0.29) is 0 Å². The highest BCUT2D eigenvalue weighted by molar-refractivity contribution is 7.33. The Balaban J connectivity index is 2.48. The van der Waals surface area contributed by atoms with Gasteiger partial charge in [-0.25, -0.2) is 0 Å². The average molecular weight is 182 g/mol. The number of allylic oxidation sites excluding steroid dienone is 1. The summed E-state index contributed by atoms with van der Waals surface area (Å²) >= 11 is 0. The summed E-state index contributed by atoms with van der Waals surface area (Å²) in [5, 5.41) is 0. The zero-order chi connectivity index (χ0) is 8.81. The highest BCUT2D eigenvalue weighted by Crippen LogP contribution is 2.20. The van der Waals surface area contributed by atoms with Crippen LogP contribution >= 0.6 is 8.88 Å². The lowest BCUT2D eigenvalue weighted by atomic mass is 10.6. The molecule has 0 aliphatic heterocycles. The molecule has 1 unspecified atom stereocenters. The summed E-state index contributed by atoms with van der Waals surface area (Å²) in [5.41, 5.74) is 0. The van der Waals surface area contributed by atoms with Crippen LogP contribution in [0.3, 0.4) is 0 Å². The Kier molecular flexibility index (Phi) is 3.89. The Labute approximate surface area is 75.8 Å². The van der Waals surface area contributed by atoms with E-state index in [0.29, 0.717) is 8.88 Å². The predicted octanol–water partition coefficient (Wildman–Crippen LogP) is 2.70. The van der Waals surface area contributed by atoms with E-state index in [1.165, 1.54) is 0 Å². The Morgan fingerprint density at radius 1 is 1.42 bits per heavy atom. The van der Waals surface area contributed by atoms with E-state index in [9.17, 15) is 0 Å². The third-order valence-electron chi connectivity index (χ3n) is 1.52. The Morgan fingerprint density at radius 2 is 2.08 bits per heavy atom. The van der Waals surface area contributed by atoms with E-state index in [0.717, 1.165) is 6.54 Å². The van der Waals surface area contributed by atoms with E-state index < -0.39 is 0 Å². The Morgan fingerprint density at radius 3 is 2.58 bits per heavy atom. The minimum absolute atomic E-state index is 0.690. The lowest BCUT2D eigenvalue weighted by Crippen LogP contribution is -2.06. The van der Waals surface area contributed by atoms with Gasteiger partial charge in [0.15, 0.2) is 0 Å². The van der Waals surface area contributed by atoms with Crippen molar-refractivity contribution < 1.29 is 0 Å². The van der Waals surface area contributed by atoms with Crippen LogP contribution in [0.15, 0.2) is 36.8 Å². The first-order valence-corrected chi connectivity index (χ1v) is 5.05. The van der Waals surface area contributed by atoms with Crippen molar-refractivity contribution >= 4 is 8.88 Å². The first kappa shape index (κ1) is 9.34. The summed E-state index contributed by atoms with van der Waals surface area (Å²) in [6.45, 7) is 5.26. The minimum atomic E-state index is 0.690. The van der Waals surface area contributed by atoms with Gasteiger partial charge in [0.2, 0.25) is 0 Å². The number of aromatic nitrogens is 1. The molecule has 0 N–H and O–H groups in total. The molecule has 1 aromatic heterocycles. The number of rotatable bonds is 4. The monoisotopic (exact) mass is 182 g/mol. The van der Waals surface area contributed by atoms with Crippen LogP contribution in [0, 0.1) is 0 Å². The number of hydrogen-bond acceptors (Lipinski definition) is 1. The highest BCUT2D eigenvalue weighted by atomic mass is 31.1. The molecule has 1 heterocycles. The Bertz CT molecular complexity index is 229. The molecule has 0 bridgehead atoms. The van der Waals surface area contributed by atoms with Crippen LogP contribution in [0.1, 0.15) is 13.8 Å². The summed E-state index contributed by atoms with van der Waals surface area (Å²) in [4.78, 5) is 0. The fourth-order valence-electron chi connectivity index (χ4n) is 0.939. The minimum Gasteiger partial charge on any atom is -0.343 e. The molecule has 0 amide bonds. The first-order chi connectivity index (χ1) is 5.86. The van der Waals surface area contributed by atoms with E-state index in [1.54, 1.807) is 0 Å². The highest BCUT2D eigenvalue weighted by Gasteiger charge is 1.94. The summed E-state index contributed by atoms with van der Waals surface area (Å²) in [6, 6.07) is 4.10. The second-order valence-corrected chi connectivity index (χ2v) is 3.75. The molecular weight excluding hydrogens is 167 g/mol. The average Bonchev–Trinajstić information content (AvgIpc) is 2.56. The molecule has 0 aliphatic rings. The molecule has 0 saturated carbocycles. The third-order valence-corrected chi connectivity index (χ3v) is 2.77. The fourth-order valence-corrected chi connectivity index (χ4v) is 1.90. The molecule has 2 nitrogen and oxygen atoms in total. The Hall–Kier alpha value is -0.750. The van der Waals surface area contributed by atoms with Crippen LogP contribution in [-0.4, -0.2) is 15.6 Å². The third kappa shape index (κ3) is 2.71. The van der Waals surface area contributed by atoms with Gasteiger partial charge in [0.25, 0.3) is 0 Å². The largest absolute Gasteiger partial charge is 0.343 e. The molecule has 0 radical (unpaired) electrons. The molecular formula is C9H15N2P. The smallest absolute Gasteiger partial charge is 0.0831 e.